The molecule has 0 aliphatic heterocycles. The normalized spacial score (nSPS) is 13.5. The van der Waals surface area contributed by atoms with Crippen LogP contribution in [0.3, 0.4) is 0 Å². The highest BCUT2D eigenvalue weighted by Crippen LogP contribution is 2.24. The Bertz CT molecular complexity index is 366. The zero-order chi connectivity index (χ0) is 11.5. The fourth-order valence-electron chi connectivity index (χ4n) is 0.764. The van der Waals surface area contributed by atoms with Crippen molar-refractivity contribution in [2.75, 3.05) is 6.61 Å². The Morgan fingerprint density at radius 2 is 2.40 bits per heavy atom. The monoisotopic (exact) mass is 238 g/mol. The Hall–Kier alpha value is -1.31. The van der Waals surface area contributed by atoms with Crippen molar-refractivity contribution < 1.29 is 22.5 Å². The molecule has 0 amide bonds. The van der Waals surface area contributed by atoms with E-state index >= 15 is 0 Å². The van der Waals surface area contributed by atoms with E-state index in [2.05, 4.69) is 14.7 Å². The topological polar surface area (TPSA) is 72.1 Å². The summed E-state index contributed by atoms with van der Waals surface area (Å²) in [5, 5.41) is -4.55. The molecule has 8 heteroatoms. The number of carbonyl (C=O) groups is 1. The lowest BCUT2D eigenvalue weighted by Crippen LogP contribution is -2.35. The van der Waals surface area contributed by atoms with E-state index in [9.17, 15) is 17.8 Å². The van der Waals surface area contributed by atoms with Gasteiger partial charge in [-0.25, -0.2) is 14.0 Å². The van der Waals surface area contributed by atoms with Crippen molar-refractivity contribution in [1.29, 1.82) is 0 Å². The largest absolute Gasteiger partial charge is 0.461 e. The van der Waals surface area contributed by atoms with E-state index in [-0.39, 0.29) is 6.61 Å². The predicted molar refractivity (Wildman–Crippen MR) is 46.6 cm³/mol. The lowest BCUT2D eigenvalue weighted by Gasteiger charge is -2.11. The van der Waals surface area contributed by atoms with E-state index in [0.29, 0.717) is 0 Å². The van der Waals surface area contributed by atoms with Gasteiger partial charge >= 0.3 is 11.2 Å². The minimum absolute atomic E-state index is 0.205. The molecule has 1 unspecified atom stereocenters. The van der Waals surface area contributed by atoms with Crippen LogP contribution in [0, 0.1) is 0 Å². The number of rotatable bonds is 4. The summed E-state index contributed by atoms with van der Waals surface area (Å²) < 4.78 is 41.6. The molecule has 0 aliphatic carbocycles. The van der Waals surface area contributed by atoms with Crippen molar-refractivity contribution in [3.63, 3.8) is 0 Å². The summed E-state index contributed by atoms with van der Waals surface area (Å²) in [6.07, 6.45) is 2.39. The van der Waals surface area contributed by atoms with Crippen molar-refractivity contribution in [3.8, 4) is 0 Å². The number of aromatic amines is 1. The molecular weight excluding hydrogens is 230 g/mol. The summed E-state index contributed by atoms with van der Waals surface area (Å²) in [5.74, 6) is -1.82. The first-order chi connectivity index (χ1) is 7.00. The number of esters is 1. The van der Waals surface area contributed by atoms with Gasteiger partial charge in [-0.05, 0) is 6.92 Å². The average Bonchev–Trinajstić information content (AvgIpc) is 2.69. The maximum atomic E-state index is 13.1. The first-order valence-electron chi connectivity index (χ1n) is 3.96. The summed E-state index contributed by atoms with van der Waals surface area (Å²) in [7, 11) is -2.87. The third-order valence-corrected chi connectivity index (χ3v) is 2.60. The minimum atomic E-state index is -4.09. The maximum absolute atomic E-state index is 13.1. The van der Waals surface area contributed by atoms with Crippen LogP contribution >= 0.6 is 0 Å². The summed E-state index contributed by atoms with van der Waals surface area (Å²) in [5.41, 5.74) is 0. The van der Waals surface area contributed by atoms with Crippen molar-refractivity contribution in [2.45, 2.75) is 17.3 Å². The van der Waals surface area contributed by atoms with Crippen LogP contribution in [0.4, 0.5) is 8.78 Å². The maximum Gasteiger partial charge on any atom is 0.422 e. The van der Waals surface area contributed by atoms with Crippen LogP contribution in [0.15, 0.2) is 17.6 Å². The highest BCUT2D eigenvalue weighted by Gasteiger charge is 2.49. The molecule has 0 fully saturated rings. The van der Waals surface area contributed by atoms with Gasteiger partial charge in [-0.2, -0.15) is 8.78 Å². The van der Waals surface area contributed by atoms with Gasteiger partial charge < -0.3 is 9.72 Å². The second-order valence-corrected chi connectivity index (χ2v) is 3.84. The molecule has 5 nitrogen and oxygen atoms in total. The molecule has 84 valence electrons. The Balaban J connectivity index is 2.86. The molecule has 1 aromatic heterocycles. The SMILES string of the molecule is CCOC(=O)C(F)(F)S(=O)c1ncc[nH]1. The van der Waals surface area contributed by atoms with E-state index in [1.165, 1.54) is 13.1 Å². The molecule has 0 bridgehead atoms. The number of hydrogen-bond acceptors (Lipinski definition) is 4. The lowest BCUT2D eigenvalue weighted by molar-refractivity contribution is -0.159. The number of aromatic nitrogens is 2. The van der Waals surface area contributed by atoms with Gasteiger partial charge in [-0.15, -0.1) is 0 Å². The van der Waals surface area contributed by atoms with Crippen LogP contribution in [-0.2, 0) is 20.3 Å². The van der Waals surface area contributed by atoms with E-state index < -0.39 is 27.2 Å². The second-order valence-electron chi connectivity index (χ2n) is 2.40. The van der Waals surface area contributed by atoms with E-state index in [0.717, 1.165) is 6.20 Å². The van der Waals surface area contributed by atoms with Gasteiger partial charge in [0.15, 0.2) is 10.8 Å². The van der Waals surface area contributed by atoms with Crippen molar-refractivity contribution in [1.82, 2.24) is 9.97 Å². The fraction of sp³-hybridized carbons (Fsp3) is 0.429. The summed E-state index contributed by atoms with van der Waals surface area (Å²) in [4.78, 5) is 16.4. The Kier molecular flexibility index (Phi) is 3.51. The van der Waals surface area contributed by atoms with Gasteiger partial charge in [0.25, 0.3) is 0 Å². The van der Waals surface area contributed by atoms with Gasteiger partial charge in [0.2, 0.25) is 5.16 Å². The molecule has 1 atom stereocenters. The van der Waals surface area contributed by atoms with Gasteiger partial charge in [-0.3, -0.25) is 0 Å². The van der Waals surface area contributed by atoms with E-state index in [1.54, 1.807) is 0 Å². The van der Waals surface area contributed by atoms with Gasteiger partial charge in [0.1, 0.15) is 0 Å². The molecule has 0 saturated carbocycles. The number of alkyl halides is 2. The van der Waals surface area contributed by atoms with Crippen LogP contribution in [0.5, 0.6) is 0 Å². The van der Waals surface area contributed by atoms with Crippen LogP contribution < -0.4 is 0 Å². The van der Waals surface area contributed by atoms with Crippen LogP contribution in [0.1, 0.15) is 6.92 Å². The van der Waals surface area contributed by atoms with E-state index in [4.69, 9.17) is 0 Å². The van der Waals surface area contributed by atoms with Gasteiger partial charge in [-0.1, -0.05) is 0 Å². The Labute approximate surface area is 86.3 Å². The minimum Gasteiger partial charge on any atom is -0.461 e. The number of carbonyl (C=O) groups excluding carboxylic acids is 1. The molecule has 1 heterocycles. The van der Waals surface area contributed by atoms with Crippen LogP contribution in [-0.4, -0.2) is 32.0 Å². The molecule has 1 rings (SSSR count). The molecule has 15 heavy (non-hydrogen) atoms. The number of imidazole rings is 1. The molecule has 0 aliphatic rings. The van der Waals surface area contributed by atoms with Crippen molar-refractivity contribution >= 4 is 16.8 Å². The Morgan fingerprint density at radius 1 is 1.73 bits per heavy atom. The third kappa shape index (κ3) is 2.38. The van der Waals surface area contributed by atoms with E-state index in [1.807, 2.05) is 0 Å². The van der Waals surface area contributed by atoms with Crippen LogP contribution in [0.2, 0.25) is 0 Å². The number of nitrogens with one attached hydrogen (secondary N) is 1. The number of ether oxygens (including phenoxy) is 1. The quantitative estimate of drug-likeness (QED) is 0.783. The molecular formula is C7H8F2N2O3S. The molecule has 0 aromatic carbocycles. The van der Waals surface area contributed by atoms with Gasteiger partial charge in [0.05, 0.1) is 6.61 Å². The highest BCUT2D eigenvalue weighted by molar-refractivity contribution is 7.86. The molecule has 0 spiro atoms. The van der Waals surface area contributed by atoms with Crippen molar-refractivity contribution in [3.05, 3.63) is 12.4 Å². The second kappa shape index (κ2) is 4.47. The zero-order valence-corrected chi connectivity index (χ0v) is 8.51. The van der Waals surface area contributed by atoms with Crippen LogP contribution in [0.25, 0.3) is 0 Å². The predicted octanol–water partition coefficient (Wildman–Crippen LogP) is 0.673. The first-order valence-corrected chi connectivity index (χ1v) is 5.11. The molecule has 0 radical (unpaired) electrons. The number of H-pyrrole nitrogens is 1. The molecule has 1 aromatic rings. The number of hydrogen-bond donors (Lipinski definition) is 1. The summed E-state index contributed by atoms with van der Waals surface area (Å²) >= 11 is 0. The number of halogens is 2. The van der Waals surface area contributed by atoms with Gasteiger partial charge in [0, 0.05) is 12.4 Å². The summed E-state index contributed by atoms with van der Waals surface area (Å²) in [6.45, 7) is 1.17. The standard InChI is InChI=1S/C7H8F2N2O3S/c1-2-14-5(12)7(8,9)15(13)6-10-3-4-11-6/h3-4H,2H2,1H3,(H,10,11). The third-order valence-electron chi connectivity index (χ3n) is 1.39. The smallest absolute Gasteiger partial charge is 0.422 e. The Morgan fingerprint density at radius 3 is 2.87 bits per heavy atom. The first kappa shape index (κ1) is 11.8. The molecule has 1 N–H and O–H groups in total. The lowest BCUT2D eigenvalue weighted by atomic mass is 10.7. The highest BCUT2D eigenvalue weighted by atomic mass is 32.2. The number of nitrogens with zero attached hydrogens (tertiary/aromatic N) is 1. The van der Waals surface area contributed by atoms with Crippen molar-refractivity contribution in [2.24, 2.45) is 0 Å². The average molecular weight is 238 g/mol. The fourth-order valence-corrected chi connectivity index (χ4v) is 1.55. The summed E-state index contributed by atoms with van der Waals surface area (Å²) in [6, 6.07) is 0. The molecule has 0 saturated heterocycles. The zero-order valence-electron chi connectivity index (χ0n) is 7.70.